The molecule has 0 saturated heterocycles. The first-order valence-electron chi connectivity index (χ1n) is 6.19. The number of hydrogen-bond acceptors (Lipinski definition) is 6. The van der Waals surface area contributed by atoms with E-state index in [0.717, 1.165) is 25.0 Å². The van der Waals surface area contributed by atoms with Crippen LogP contribution in [0.25, 0.3) is 6.08 Å². The lowest BCUT2D eigenvalue weighted by Crippen LogP contribution is -2.31. The number of aromatic nitrogens is 2. The van der Waals surface area contributed by atoms with E-state index in [2.05, 4.69) is 16.5 Å². The van der Waals surface area contributed by atoms with E-state index in [9.17, 15) is 0 Å². The van der Waals surface area contributed by atoms with Gasteiger partial charge in [0, 0.05) is 19.3 Å². The van der Waals surface area contributed by atoms with E-state index >= 15 is 0 Å². The summed E-state index contributed by atoms with van der Waals surface area (Å²) in [6.07, 6.45) is 6.16. The summed E-state index contributed by atoms with van der Waals surface area (Å²) >= 11 is 0. The molecule has 0 bridgehead atoms. The summed E-state index contributed by atoms with van der Waals surface area (Å²) in [6.45, 7) is 3.71. The molecule has 6 nitrogen and oxygen atoms in total. The molecule has 1 aliphatic rings. The smallest absolute Gasteiger partial charge is 0.250 e. The summed E-state index contributed by atoms with van der Waals surface area (Å²) in [7, 11) is 0.197. The predicted octanol–water partition coefficient (Wildman–Crippen LogP) is 1.67. The maximum Gasteiger partial charge on any atom is 0.250 e. The molecule has 1 saturated carbocycles. The molecule has 2 rings (SSSR count). The number of nitrogens with two attached hydrogens (primary N) is 1. The van der Waals surface area contributed by atoms with Gasteiger partial charge in [-0.05, 0) is 31.4 Å². The Morgan fingerprint density at radius 3 is 3.11 bits per heavy atom. The Balaban J connectivity index is 2.00. The lowest BCUT2D eigenvalue weighted by atomic mass is 10.2. The van der Waals surface area contributed by atoms with Gasteiger partial charge in [0.1, 0.15) is 0 Å². The van der Waals surface area contributed by atoms with E-state index in [1.165, 1.54) is 0 Å². The molecule has 0 aliphatic heterocycles. The van der Waals surface area contributed by atoms with E-state index < -0.39 is 8.53 Å². The summed E-state index contributed by atoms with van der Waals surface area (Å²) in [5.41, 5.74) is 6.10. The first-order valence-corrected chi connectivity index (χ1v) is 7.47. The van der Waals surface area contributed by atoms with E-state index in [1.807, 2.05) is 18.0 Å². The number of anilines is 1. The quantitative estimate of drug-likeness (QED) is 0.799. The van der Waals surface area contributed by atoms with Crippen molar-refractivity contribution in [3.05, 3.63) is 24.5 Å². The number of hydrogen-bond donors (Lipinski definition) is 2. The van der Waals surface area contributed by atoms with Crippen molar-refractivity contribution in [1.29, 1.82) is 0 Å². The van der Waals surface area contributed by atoms with Crippen LogP contribution in [0.5, 0.6) is 0 Å². The predicted molar refractivity (Wildman–Crippen MR) is 76.4 cm³/mol. The molecule has 3 atom stereocenters. The van der Waals surface area contributed by atoms with E-state index in [0.29, 0.717) is 12.0 Å². The Labute approximate surface area is 114 Å². The van der Waals surface area contributed by atoms with E-state index in [4.69, 9.17) is 14.9 Å². The van der Waals surface area contributed by atoms with Gasteiger partial charge in [-0.15, -0.1) is 0 Å². The molecule has 3 N–H and O–H groups in total. The average Bonchev–Trinajstić information content (AvgIpc) is 2.85. The van der Waals surface area contributed by atoms with Gasteiger partial charge in [-0.1, -0.05) is 6.58 Å². The van der Waals surface area contributed by atoms with Gasteiger partial charge in [0.05, 0.1) is 11.8 Å². The maximum atomic E-state index is 9.09. The van der Waals surface area contributed by atoms with E-state index in [1.54, 1.807) is 12.3 Å². The van der Waals surface area contributed by atoms with Crippen molar-refractivity contribution in [3.8, 4) is 0 Å². The zero-order valence-electron chi connectivity index (χ0n) is 10.9. The zero-order chi connectivity index (χ0) is 13.8. The fourth-order valence-electron chi connectivity index (χ4n) is 2.33. The molecule has 1 aromatic heterocycles. The molecular weight excluding hydrogens is 263 g/mol. The summed E-state index contributed by atoms with van der Waals surface area (Å²) in [4.78, 5) is 19.8. The fraction of sp³-hybridized carbons (Fsp3) is 0.500. The van der Waals surface area contributed by atoms with Gasteiger partial charge in [0.15, 0.2) is 0 Å². The minimum Gasteiger partial charge on any atom is -0.341 e. The third-order valence-electron chi connectivity index (χ3n) is 3.35. The first-order chi connectivity index (χ1) is 9.10. The van der Waals surface area contributed by atoms with Crippen LogP contribution in [0.1, 0.15) is 25.0 Å². The Morgan fingerprint density at radius 2 is 2.42 bits per heavy atom. The SMILES string of the molecule is C=Cc1ccnc(N(C)C2CCC(OP(N)O)C2)n1. The zero-order valence-corrected chi connectivity index (χ0v) is 11.8. The normalized spacial score (nSPS) is 24.2. The second kappa shape index (κ2) is 6.39. The van der Waals surface area contributed by atoms with Crippen LogP contribution in [0.15, 0.2) is 18.8 Å². The number of rotatable bonds is 5. The largest absolute Gasteiger partial charge is 0.341 e. The average molecular weight is 282 g/mol. The monoisotopic (exact) mass is 282 g/mol. The standard InChI is InChI=1S/C12H19N4O2P/c1-3-9-6-7-14-12(15-9)16(2)10-4-5-11(8-10)18-19(13)17/h3,6-7,10-11,17H,1,4-5,8,13H2,2H3. The molecule has 19 heavy (non-hydrogen) atoms. The molecule has 3 unspecified atom stereocenters. The van der Waals surface area contributed by atoms with Crippen molar-refractivity contribution in [2.24, 2.45) is 5.50 Å². The Kier molecular flexibility index (Phi) is 4.82. The third-order valence-corrected chi connectivity index (χ3v) is 3.86. The maximum absolute atomic E-state index is 9.09. The van der Waals surface area contributed by atoms with Crippen molar-refractivity contribution >= 4 is 20.6 Å². The van der Waals surface area contributed by atoms with Gasteiger partial charge in [-0.3, -0.25) is 5.50 Å². The van der Waals surface area contributed by atoms with Crippen molar-refractivity contribution in [1.82, 2.24) is 9.97 Å². The topological polar surface area (TPSA) is 84.5 Å². The Morgan fingerprint density at radius 1 is 1.63 bits per heavy atom. The van der Waals surface area contributed by atoms with Crippen molar-refractivity contribution in [2.45, 2.75) is 31.4 Å². The minimum atomic E-state index is -1.77. The Hall–Kier alpha value is -1.07. The van der Waals surface area contributed by atoms with Crippen LogP contribution < -0.4 is 10.4 Å². The van der Waals surface area contributed by atoms with Crippen LogP contribution in [-0.4, -0.2) is 34.1 Å². The molecule has 1 fully saturated rings. The molecule has 7 heteroatoms. The molecule has 0 spiro atoms. The molecular formula is C12H19N4O2P. The highest BCUT2D eigenvalue weighted by atomic mass is 31.2. The van der Waals surface area contributed by atoms with Crippen LogP contribution >= 0.6 is 8.53 Å². The highest BCUT2D eigenvalue weighted by molar-refractivity contribution is 7.43. The second-order valence-electron chi connectivity index (χ2n) is 4.59. The molecule has 1 aliphatic carbocycles. The molecule has 0 amide bonds. The molecule has 1 heterocycles. The second-order valence-corrected chi connectivity index (χ2v) is 5.41. The first kappa shape index (κ1) is 14.3. The highest BCUT2D eigenvalue weighted by Gasteiger charge is 2.30. The van der Waals surface area contributed by atoms with Crippen LogP contribution in [0.3, 0.4) is 0 Å². The van der Waals surface area contributed by atoms with Crippen LogP contribution in [-0.2, 0) is 4.52 Å². The number of nitrogens with zero attached hydrogens (tertiary/aromatic N) is 3. The van der Waals surface area contributed by atoms with Gasteiger partial charge in [0.2, 0.25) is 14.5 Å². The van der Waals surface area contributed by atoms with Crippen molar-refractivity contribution in [3.63, 3.8) is 0 Å². The summed E-state index contributed by atoms with van der Waals surface area (Å²) in [5, 5.41) is 0. The molecule has 0 radical (unpaired) electrons. The van der Waals surface area contributed by atoms with Gasteiger partial charge in [-0.2, -0.15) is 0 Å². The van der Waals surface area contributed by atoms with Crippen molar-refractivity contribution < 1.29 is 9.42 Å². The van der Waals surface area contributed by atoms with Gasteiger partial charge in [0.25, 0.3) is 0 Å². The van der Waals surface area contributed by atoms with Gasteiger partial charge >= 0.3 is 0 Å². The fourth-order valence-corrected chi connectivity index (χ4v) is 2.82. The molecule has 1 aromatic rings. The van der Waals surface area contributed by atoms with Crippen LogP contribution in [0.2, 0.25) is 0 Å². The summed E-state index contributed by atoms with van der Waals surface area (Å²) < 4.78 is 5.29. The molecule has 104 valence electrons. The van der Waals surface area contributed by atoms with Gasteiger partial charge < -0.3 is 14.3 Å². The lowest BCUT2D eigenvalue weighted by Gasteiger charge is -2.24. The van der Waals surface area contributed by atoms with Crippen molar-refractivity contribution in [2.75, 3.05) is 11.9 Å². The summed E-state index contributed by atoms with van der Waals surface area (Å²) in [5.74, 6) is 0.682. The lowest BCUT2D eigenvalue weighted by molar-refractivity contribution is 0.208. The third kappa shape index (κ3) is 3.70. The van der Waals surface area contributed by atoms with Crippen LogP contribution in [0.4, 0.5) is 5.95 Å². The van der Waals surface area contributed by atoms with Gasteiger partial charge in [-0.25, -0.2) is 9.97 Å². The van der Waals surface area contributed by atoms with E-state index in [-0.39, 0.29) is 6.10 Å². The molecule has 0 aromatic carbocycles. The van der Waals surface area contributed by atoms with Crippen LogP contribution in [0, 0.1) is 0 Å². The minimum absolute atomic E-state index is 0.0242. The Bertz CT molecular complexity index is 443. The highest BCUT2D eigenvalue weighted by Crippen LogP contribution is 2.34. The summed E-state index contributed by atoms with van der Waals surface area (Å²) in [6, 6.07) is 2.12.